The van der Waals surface area contributed by atoms with Gasteiger partial charge in [0.2, 0.25) is 0 Å². The average molecular weight is 529 g/mol. The summed E-state index contributed by atoms with van der Waals surface area (Å²) >= 11 is 0. The highest BCUT2D eigenvalue weighted by atomic mass is 16.5. The van der Waals surface area contributed by atoms with Crippen molar-refractivity contribution in [3.63, 3.8) is 0 Å². The summed E-state index contributed by atoms with van der Waals surface area (Å²) in [5, 5.41) is 36.4. The summed E-state index contributed by atoms with van der Waals surface area (Å²) < 4.78 is 11.7. The molecule has 0 saturated heterocycles. The lowest BCUT2D eigenvalue weighted by atomic mass is 10.2. The average Bonchev–Trinajstić information content (AvgIpc) is 2.89. The quantitative estimate of drug-likeness (QED) is 0.114. The van der Waals surface area contributed by atoms with E-state index in [9.17, 15) is 0 Å². The number of ether oxygens (including phenoxy) is 2. The Morgan fingerprint density at radius 1 is 0.730 bits per heavy atom. The van der Waals surface area contributed by atoms with Gasteiger partial charge in [-0.15, -0.1) is 0 Å². The Kier molecular flexibility index (Phi) is 16.4. The Labute approximate surface area is 221 Å². The number of rotatable bonds is 22. The van der Waals surface area contributed by atoms with Gasteiger partial charge in [-0.1, -0.05) is 0 Å². The molecule has 0 unspecified atom stereocenters. The van der Waals surface area contributed by atoms with Crippen LogP contribution in [-0.4, -0.2) is 154 Å². The molecular formula is C25H48N6O6. The van der Waals surface area contributed by atoms with Gasteiger partial charge in [0.25, 0.3) is 0 Å². The van der Waals surface area contributed by atoms with Gasteiger partial charge in [0.15, 0.2) is 5.82 Å². The van der Waals surface area contributed by atoms with E-state index in [1.54, 1.807) is 6.20 Å². The lowest BCUT2D eigenvalue weighted by Gasteiger charge is -2.38. The van der Waals surface area contributed by atoms with Gasteiger partial charge < -0.3 is 45.4 Å². The molecule has 6 N–H and O–H groups in total. The van der Waals surface area contributed by atoms with Crippen molar-refractivity contribution in [1.29, 1.82) is 0 Å². The van der Waals surface area contributed by atoms with E-state index in [4.69, 9.17) is 35.6 Å². The third kappa shape index (κ3) is 12.1. The molecular weight excluding hydrogens is 480 g/mol. The van der Waals surface area contributed by atoms with Crippen molar-refractivity contribution in [3.8, 4) is 0 Å². The van der Waals surface area contributed by atoms with Crippen LogP contribution in [0.3, 0.4) is 0 Å². The second-order valence-electron chi connectivity index (χ2n) is 9.10. The van der Waals surface area contributed by atoms with E-state index in [-0.39, 0.29) is 26.4 Å². The molecule has 0 saturated carbocycles. The largest absolute Gasteiger partial charge is 0.397 e. The number of pyridine rings is 1. The van der Waals surface area contributed by atoms with Gasteiger partial charge >= 0.3 is 0 Å². The number of nitrogens with two attached hydrogens (primary N) is 1. The number of hydrogen-bond acceptors (Lipinski definition) is 12. The molecule has 0 radical (unpaired) electrons. The molecule has 2 rings (SSSR count). The zero-order valence-electron chi connectivity index (χ0n) is 22.2. The van der Waals surface area contributed by atoms with Crippen LogP contribution in [0.1, 0.15) is 12.8 Å². The van der Waals surface area contributed by atoms with Gasteiger partial charge in [0.05, 0.1) is 57.2 Å². The summed E-state index contributed by atoms with van der Waals surface area (Å²) in [6, 6.07) is 1.97. The van der Waals surface area contributed by atoms with E-state index in [0.717, 1.165) is 63.6 Å². The first kappa shape index (κ1) is 31.4. The molecule has 1 aromatic heterocycles. The summed E-state index contributed by atoms with van der Waals surface area (Å²) in [4.78, 5) is 13.1. The lowest BCUT2D eigenvalue weighted by molar-refractivity contribution is 0.112. The van der Waals surface area contributed by atoms with Crippen molar-refractivity contribution in [2.24, 2.45) is 0 Å². The van der Waals surface area contributed by atoms with Crippen LogP contribution in [0.15, 0.2) is 12.3 Å². The third-order valence-corrected chi connectivity index (χ3v) is 6.35. The van der Waals surface area contributed by atoms with E-state index in [1.165, 1.54) is 0 Å². The van der Waals surface area contributed by atoms with Crippen LogP contribution in [-0.2, 0) is 9.47 Å². The highest BCUT2D eigenvalue weighted by Crippen LogP contribution is 2.32. The van der Waals surface area contributed by atoms with Crippen LogP contribution >= 0.6 is 0 Å². The van der Waals surface area contributed by atoms with Gasteiger partial charge in [0.1, 0.15) is 0 Å². The van der Waals surface area contributed by atoms with Crippen molar-refractivity contribution in [3.05, 3.63) is 12.3 Å². The molecule has 37 heavy (non-hydrogen) atoms. The number of fused-ring (bicyclic) bond motifs is 1. The maximum absolute atomic E-state index is 9.10. The van der Waals surface area contributed by atoms with Crippen molar-refractivity contribution < 1.29 is 29.9 Å². The van der Waals surface area contributed by atoms with E-state index in [2.05, 4.69) is 14.8 Å². The molecule has 1 aliphatic heterocycles. The highest BCUT2D eigenvalue weighted by molar-refractivity contribution is 5.72. The fraction of sp³-hybridized carbons (Fsp3) is 0.800. The molecule has 0 amide bonds. The summed E-state index contributed by atoms with van der Waals surface area (Å²) in [6.45, 7) is 9.81. The number of anilines is 3. The van der Waals surface area contributed by atoms with Crippen LogP contribution < -0.4 is 15.5 Å². The second kappa shape index (κ2) is 19.3. The minimum absolute atomic E-state index is 0.0884. The molecule has 0 spiro atoms. The van der Waals surface area contributed by atoms with E-state index in [0.29, 0.717) is 58.3 Å². The van der Waals surface area contributed by atoms with Crippen LogP contribution in [0.5, 0.6) is 0 Å². The molecule has 1 aliphatic rings. The van der Waals surface area contributed by atoms with Gasteiger partial charge in [-0.3, -0.25) is 9.80 Å². The molecule has 2 heterocycles. The highest BCUT2D eigenvalue weighted by Gasteiger charge is 2.24. The number of nitrogen functional groups attached to an aromatic ring is 1. The third-order valence-electron chi connectivity index (χ3n) is 6.35. The molecule has 0 aromatic carbocycles. The Morgan fingerprint density at radius 3 is 1.73 bits per heavy atom. The number of hydrogen-bond donors (Lipinski definition) is 5. The fourth-order valence-corrected chi connectivity index (χ4v) is 4.43. The molecule has 0 aliphatic carbocycles. The Balaban J connectivity index is 1.72. The first-order valence-electron chi connectivity index (χ1n) is 13.4. The standard InChI is InChI=1S/C25H48N6O6/c26-23-21-24-25(27-22-23)31(12-20-37-18-2-4-29(9-15-34)10-16-35)6-5-30(24)11-19-36-17-1-3-28(7-13-32)8-14-33/h21-22,32-35H,1-20,26H2. The van der Waals surface area contributed by atoms with Crippen molar-refractivity contribution in [2.45, 2.75) is 12.8 Å². The minimum atomic E-state index is 0.0884. The monoisotopic (exact) mass is 528 g/mol. The topological polar surface area (TPSA) is 151 Å². The number of nitrogens with zero attached hydrogens (tertiary/aromatic N) is 5. The first-order chi connectivity index (χ1) is 18.1. The molecule has 1 aromatic rings. The van der Waals surface area contributed by atoms with Gasteiger partial charge in [-0.25, -0.2) is 4.98 Å². The summed E-state index contributed by atoms with van der Waals surface area (Å²) in [6.07, 6.45) is 3.38. The fourth-order valence-electron chi connectivity index (χ4n) is 4.43. The van der Waals surface area contributed by atoms with Crippen molar-refractivity contribution in [2.75, 3.05) is 134 Å². The summed E-state index contributed by atoms with van der Waals surface area (Å²) in [7, 11) is 0. The van der Waals surface area contributed by atoms with Crippen molar-refractivity contribution >= 4 is 17.2 Å². The number of aliphatic hydroxyl groups is 4. The van der Waals surface area contributed by atoms with E-state index >= 15 is 0 Å². The zero-order chi connectivity index (χ0) is 26.7. The number of aliphatic hydroxyl groups excluding tert-OH is 4. The number of aromatic nitrogens is 1. The summed E-state index contributed by atoms with van der Waals surface area (Å²) in [5.41, 5.74) is 7.68. The van der Waals surface area contributed by atoms with Crippen LogP contribution in [0, 0.1) is 0 Å². The lowest BCUT2D eigenvalue weighted by Crippen LogP contribution is -2.44. The molecule has 12 heteroatoms. The predicted octanol–water partition coefficient (Wildman–Crippen LogP) is -1.32. The zero-order valence-corrected chi connectivity index (χ0v) is 22.2. The van der Waals surface area contributed by atoms with Crippen LogP contribution in [0.4, 0.5) is 17.2 Å². The Morgan fingerprint density at radius 2 is 1.22 bits per heavy atom. The molecule has 214 valence electrons. The first-order valence-corrected chi connectivity index (χ1v) is 13.4. The van der Waals surface area contributed by atoms with Crippen LogP contribution in [0.25, 0.3) is 0 Å². The Hall–Kier alpha value is -1.77. The minimum Gasteiger partial charge on any atom is -0.397 e. The molecule has 0 fully saturated rings. The van der Waals surface area contributed by atoms with Gasteiger partial charge in [-0.2, -0.15) is 0 Å². The summed E-state index contributed by atoms with van der Waals surface area (Å²) in [5.74, 6) is 0.907. The molecule has 0 atom stereocenters. The van der Waals surface area contributed by atoms with Gasteiger partial charge in [0, 0.05) is 78.7 Å². The smallest absolute Gasteiger partial charge is 0.152 e. The predicted molar refractivity (Wildman–Crippen MR) is 145 cm³/mol. The van der Waals surface area contributed by atoms with Crippen molar-refractivity contribution in [1.82, 2.24) is 14.8 Å². The molecule has 0 bridgehead atoms. The SMILES string of the molecule is Nc1cnc2c(c1)N(CCOCCCN(CCO)CCO)CCN2CCOCCCN(CCO)CCO. The maximum Gasteiger partial charge on any atom is 0.152 e. The van der Waals surface area contributed by atoms with E-state index < -0.39 is 0 Å². The maximum atomic E-state index is 9.10. The Bertz CT molecular complexity index is 706. The second-order valence-corrected chi connectivity index (χ2v) is 9.10. The van der Waals surface area contributed by atoms with E-state index in [1.807, 2.05) is 15.9 Å². The normalized spacial score (nSPS) is 13.7. The molecule has 12 nitrogen and oxygen atoms in total. The van der Waals surface area contributed by atoms with Crippen LogP contribution in [0.2, 0.25) is 0 Å². The van der Waals surface area contributed by atoms with Gasteiger partial charge in [-0.05, 0) is 18.9 Å².